The van der Waals surface area contributed by atoms with Crippen LogP contribution in [0.5, 0.6) is 0 Å². The lowest BCUT2D eigenvalue weighted by Gasteiger charge is -2.42. The van der Waals surface area contributed by atoms with Gasteiger partial charge >= 0.3 is 0 Å². The maximum absolute atomic E-state index is 12.2. The molecule has 6 nitrogen and oxygen atoms in total. The minimum Gasteiger partial charge on any atom is -0.381 e. The molecular weight excluding hydrogens is 256 g/mol. The van der Waals surface area contributed by atoms with Crippen LogP contribution in [0, 0.1) is 0 Å². The highest BCUT2D eigenvalue weighted by Crippen LogP contribution is 2.25. The molecule has 3 atom stereocenters. The number of rotatable bonds is 5. The smallest absolute Gasteiger partial charge is 0.215 e. The summed E-state index contributed by atoms with van der Waals surface area (Å²) in [6.45, 7) is 3.50. The molecule has 2 fully saturated rings. The average Bonchev–Trinajstić information content (AvgIpc) is 2.37. The third-order valence-electron chi connectivity index (χ3n) is 3.65. The summed E-state index contributed by atoms with van der Waals surface area (Å²) in [6, 6.07) is -0.422. The second kappa shape index (κ2) is 5.83. The van der Waals surface area contributed by atoms with Gasteiger partial charge in [-0.1, -0.05) is 0 Å². The molecule has 0 amide bonds. The van der Waals surface area contributed by atoms with Crippen molar-refractivity contribution in [2.75, 3.05) is 19.8 Å². The summed E-state index contributed by atoms with van der Waals surface area (Å²) in [5.74, 6) is 0. The summed E-state index contributed by atoms with van der Waals surface area (Å²) in [5, 5.41) is -0.360. The molecule has 0 aromatic rings. The Labute approximate surface area is 108 Å². The topological polar surface area (TPSA) is 90.6 Å². The molecule has 1 saturated carbocycles. The molecule has 7 heteroatoms. The summed E-state index contributed by atoms with van der Waals surface area (Å²) >= 11 is 0. The molecule has 3 N–H and O–H groups in total. The lowest BCUT2D eigenvalue weighted by molar-refractivity contribution is -0.0250. The van der Waals surface area contributed by atoms with Crippen LogP contribution < -0.4 is 10.5 Å². The summed E-state index contributed by atoms with van der Waals surface area (Å²) in [5.41, 5.74) is 5.85. The van der Waals surface area contributed by atoms with Gasteiger partial charge in [-0.15, -0.1) is 0 Å². The normalized spacial score (nSPS) is 34.2. The quantitative estimate of drug-likeness (QED) is 0.713. The van der Waals surface area contributed by atoms with Gasteiger partial charge in [0, 0.05) is 25.9 Å². The Bertz CT molecular complexity index is 365. The van der Waals surface area contributed by atoms with Crippen LogP contribution in [0.25, 0.3) is 0 Å². The van der Waals surface area contributed by atoms with Crippen LogP contribution >= 0.6 is 0 Å². The van der Waals surface area contributed by atoms with E-state index < -0.39 is 10.0 Å². The number of sulfonamides is 1. The van der Waals surface area contributed by atoms with E-state index in [1.165, 1.54) is 0 Å². The van der Waals surface area contributed by atoms with Gasteiger partial charge in [0.15, 0.2) is 0 Å². The Kier molecular flexibility index (Phi) is 4.60. The predicted molar refractivity (Wildman–Crippen MR) is 67.7 cm³/mol. The lowest BCUT2D eigenvalue weighted by Crippen LogP contribution is -2.65. The Hall–Kier alpha value is -0.210. The van der Waals surface area contributed by atoms with E-state index in [2.05, 4.69) is 4.72 Å². The molecule has 18 heavy (non-hydrogen) atoms. The lowest BCUT2D eigenvalue weighted by atomic mass is 9.84. The first-order valence-corrected chi connectivity index (χ1v) is 8.05. The molecule has 3 unspecified atom stereocenters. The number of hydrogen-bond acceptors (Lipinski definition) is 5. The number of hydrogen-bond donors (Lipinski definition) is 2. The Morgan fingerprint density at radius 2 is 2.06 bits per heavy atom. The molecule has 0 bridgehead atoms. The van der Waals surface area contributed by atoms with Crippen molar-refractivity contribution in [1.29, 1.82) is 0 Å². The largest absolute Gasteiger partial charge is 0.381 e. The van der Waals surface area contributed by atoms with Crippen LogP contribution in [0.2, 0.25) is 0 Å². The fraction of sp³-hybridized carbons (Fsp3) is 1.00. The third kappa shape index (κ3) is 3.03. The molecule has 106 valence electrons. The second-order valence-electron chi connectivity index (χ2n) is 4.89. The van der Waals surface area contributed by atoms with Gasteiger partial charge in [-0.2, -0.15) is 0 Å². The SMILES string of the molecule is CCOC1CC(N)C1NS(=O)(=O)C1CCOCC1. The van der Waals surface area contributed by atoms with Gasteiger partial charge in [0.2, 0.25) is 10.0 Å². The van der Waals surface area contributed by atoms with Gasteiger partial charge in [0.25, 0.3) is 0 Å². The van der Waals surface area contributed by atoms with Crippen molar-refractivity contribution < 1.29 is 17.9 Å². The first kappa shape index (κ1) is 14.2. The second-order valence-corrected chi connectivity index (χ2v) is 6.89. The van der Waals surface area contributed by atoms with Crippen LogP contribution in [-0.2, 0) is 19.5 Å². The molecule has 2 aliphatic rings. The molecule has 1 aliphatic heterocycles. The first-order valence-electron chi connectivity index (χ1n) is 6.50. The van der Waals surface area contributed by atoms with Gasteiger partial charge in [0.05, 0.1) is 17.4 Å². The van der Waals surface area contributed by atoms with Crippen LogP contribution in [0.15, 0.2) is 0 Å². The van der Waals surface area contributed by atoms with Gasteiger partial charge in [-0.25, -0.2) is 13.1 Å². The molecule has 1 aliphatic carbocycles. The molecule has 0 aromatic carbocycles. The van der Waals surface area contributed by atoms with E-state index in [1.807, 2.05) is 6.92 Å². The van der Waals surface area contributed by atoms with E-state index in [4.69, 9.17) is 15.2 Å². The van der Waals surface area contributed by atoms with Crippen LogP contribution in [-0.4, -0.2) is 51.7 Å². The van der Waals surface area contributed by atoms with Gasteiger partial charge < -0.3 is 15.2 Å². The van der Waals surface area contributed by atoms with Crippen molar-refractivity contribution in [2.45, 2.75) is 49.6 Å². The monoisotopic (exact) mass is 278 g/mol. The van der Waals surface area contributed by atoms with Crippen molar-refractivity contribution >= 4 is 10.0 Å². The maximum Gasteiger partial charge on any atom is 0.215 e. The zero-order valence-electron chi connectivity index (χ0n) is 10.7. The van der Waals surface area contributed by atoms with Crippen LogP contribution in [0.4, 0.5) is 0 Å². The van der Waals surface area contributed by atoms with Crippen molar-refractivity contribution in [3.63, 3.8) is 0 Å². The molecule has 1 saturated heterocycles. The molecule has 0 radical (unpaired) electrons. The van der Waals surface area contributed by atoms with E-state index in [0.717, 1.165) is 6.42 Å². The summed E-state index contributed by atoms with van der Waals surface area (Å²) in [6.07, 6.45) is 1.74. The predicted octanol–water partition coefficient (Wildman–Crippen LogP) is -0.410. The maximum atomic E-state index is 12.2. The fourth-order valence-electron chi connectivity index (χ4n) is 2.46. The number of nitrogens with two attached hydrogens (primary N) is 1. The van der Waals surface area contributed by atoms with E-state index >= 15 is 0 Å². The van der Waals surface area contributed by atoms with Crippen molar-refractivity contribution in [3.05, 3.63) is 0 Å². The van der Waals surface area contributed by atoms with Crippen molar-refractivity contribution in [1.82, 2.24) is 4.72 Å². The van der Waals surface area contributed by atoms with E-state index in [1.54, 1.807) is 0 Å². The van der Waals surface area contributed by atoms with Crippen LogP contribution in [0.3, 0.4) is 0 Å². The molecule has 1 heterocycles. The third-order valence-corrected chi connectivity index (χ3v) is 5.60. The van der Waals surface area contributed by atoms with Crippen LogP contribution in [0.1, 0.15) is 26.2 Å². The van der Waals surface area contributed by atoms with E-state index in [9.17, 15) is 8.42 Å². The van der Waals surface area contributed by atoms with Gasteiger partial charge in [-0.05, 0) is 26.2 Å². The molecular formula is C11H22N2O4S. The fourth-order valence-corrected chi connectivity index (χ4v) is 4.17. The zero-order chi connectivity index (χ0) is 13.2. The van der Waals surface area contributed by atoms with Crippen molar-refractivity contribution in [3.8, 4) is 0 Å². The highest BCUT2D eigenvalue weighted by Gasteiger charge is 2.43. The van der Waals surface area contributed by atoms with Gasteiger partial charge in [0.1, 0.15) is 0 Å². The van der Waals surface area contributed by atoms with Gasteiger partial charge in [-0.3, -0.25) is 0 Å². The molecule has 0 aromatic heterocycles. The highest BCUT2D eigenvalue weighted by molar-refractivity contribution is 7.90. The highest BCUT2D eigenvalue weighted by atomic mass is 32.2. The van der Waals surface area contributed by atoms with E-state index in [0.29, 0.717) is 32.7 Å². The summed E-state index contributed by atoms with van der Waals surface area (Å²) in [4.78, 5) is 0. The van der Waals surface area contributed by atoms with E-state index in [-0.39, 0.29) is 23.4 Å². The molecule has 0 spiro atoms. The first-order chi connectivity index (χ1) is 8.54. The Balaban J connectivity index is 1.94. The average molecular weight is 278 g/mol. The number of nitrogens with one attached hydrogen (secondary N) is 1. The minimum absolute atomic E-state index is 0.0837. The van der Waals surface area contributed by atoms with Crippen molar-refractivity contribution in [2.24, 2.45) is 5.73 Å². The Morgan fingerprint density at radius 3 is 2.61 bits per heavy atom. The standard InChI is InChI=1S/C11H22N2O4S/c1-2-17-10-7-9(12)11(10)13-18(14,15)8-3-5-16-6-4-8/h8-11,13H,2-7,12H2,1H3. The molecule has 2 rings (SSSR count). The summed E-state index contributed by atoms with van der Waals surface area (Å²) in [7, 11) is -3.32. The zero-order valence-corrected chi connectivity index (χ0v) is 11.5. The minimum atomic E-state index is -3.32. The Morgan fingerprint density at radius 1 is 1.39 bits per heavy atom. The summed E-state index contributed by atoms with van der Waals surface area (Å²) < 4.78 is 37.8. The number of ether oxygens (including phenoxy) is 2.